The molecular formula is C32H35ClF3N7O4. The van der Waals surface area contributed by atoms with Gasteiger partial charge in [-0.1, -0.05) is 23.7 Å². The number of nitrogens with one attached hydrogen (secondary N) is 2. The Labute approximate surface area is 274 Å². The monoisotopic (exact) mass is 673 g/mol. The number of rotatable bonds is 8. The van der Waals surface area contributed by atoms with Crippen LogP contribution in [0.15, 0.2) is 48.5 Å². The molecule has 2 atom stereocenters. The zero-order valence-corrected chi connectivity index (χ0v) is 26.9. The minimum atomic E-state index is -4.58. The third-order valence-corrected chi connectivity index (χ3v) is 8.54. The number of fused-ring (bicyclic) bond motifs is 1. The lowest BCUT2D eigenvalue weighted by atomic mass is 10.0. The van der Waals surface area contributed by atoms with E-state index in [1.807, 2.05) is 32.9 Å². The van der Waals surface area contributed by atoms with Crippen molar-refractivity contribution < 1.29 is 32.2 Å². The van der Waals surface area contributed by atoms with Gasteiger partial charge in [-0.25, -0.2) is 4.79 Å². The fourth-order valence-corrected chi connectivity index (χ4v) is 6.04. The fourth-order valence-electron chi connectivity index (χ4n) is 5.92. The number of ether oxygens (including phenoxy) is 2. The standard InChI is InChI=1S/C32H35ClF3N7O4/c1-30(2,3)47-29(45)43-16-20-14-42(15-21(20)17-43)25(44)19-4-10-24(11-5-19)37-26-38-27(40-28(39-26)46-18-32(34,35)36)41-31(12-13-31)22-6-8-23(33)9-7-22/h4-11,20-21H,12-18H2,1-3H3,(H2,37,38,39,40,41). The molecule has 3 heterocycles. The van der Waals surface area contributed by atoms with Crippen LogP contribution in [0, 0.1) is 11.8 Å². The first-order valence-corrected chi connectivity index (χ1v) is 15.7. The number of carbonyl (C=O) groups excluding carboxylic acids is 2. The molecule has 0 radical (unpaired) electrons. The van der Waals surface area contributed by atoms with Crippen molar-refractivity contribution in [3.63, 3.8) is 0 Å². The van der Waals surface area contributed by atoms with Crippen molar-refractivity contribution in [2.24, 2.45) is 11.8 Å². The highest BCUT2D eigenvalue weighted by atomic mass is 35.5. The number of aromatic nitrogens is 3. The predicted molar refractivity (Wildman–Crippen MR) is 168 cm³/mol. The average molecular weight is 674 g/mol. The zero-order chi connectivity index (χ0) is 33.6. The van der Waals surface area contributed by atoms with E-state index in [1.54, 1.807) is 46.2 Å². The van der Waals surface area contributed by atoms with Crippen LogP contribution in [0.3, 0.4) is 0 Å². The van der Waals surface area contributed by atoms with Crippen molar-refractivity contribution in [1.29, 1.82) is 0 Å². The maximum Gasteiger partial charge on any atom is 0.422 e. The summed E-state index contributed by atoms with van der Waals surface area (Å²) in [5, 5.41) is 6.80. The van der Waals surface area contributed by atoms with Crippen LogP contribution in [0.2, 0.25) is 5.02 Å². The molecule has 2 amide bonds. The molecule has 0 spiro atoms. The Balaban J connectivity index is 1.11. The van der Waals surface area contributed by atoms with Gasteiger partial charge >= 0.3 is 18.3 Å². The van der Waals surface area contributed by atoms with E-state index in [-0.39, 0.29) is 35.7 Å². The van der Waals surface area contributed by atoms with Gasteiger partial charge in [0.1, 0.15) is 5.60 Å². The molecule has 2 saturated heterocycles. The average Bonchev–Trinajstić information content (AvgIpc) is 3.48. The number of carbonyl (C=O) groups is 2. The molecule has 2 unspecified atom stereocenters. The van der Waals surface area contributed by atoms with Crippen molar-refractivity contribution in [1.82, 2.24) is 24.8 Å². The number of nitrogens with zero attached hydrogens (tertiary/aromatic N) is 5. The number of halogens is 4. The molecule has 1 saturated carbocycles. The van der Waals surface area contributed by atoms with E-state index < -0.39 is 29.9 Å². The second kappa shape index (κ2) is 12.4. The number of alkyl halides is 3. The molecule has 2 aromatic carbocycles. The van der Waals surface area contributed by atoms with Crippen LogP contribution in [-0.4, -0.2) is 81.3 Å². The van der Waals surface area contributed by atoms with Gasteiger partial charge in [0, 0.05) is 54.3 Å². The van der Waals surface area contributed by atoms with Crippen LogP contribution in [0.4, 0.5) is 35.5 Å². The quantitative estimate of drug-likeness (QED) is 0.286. The first-order chi connectivity index (χ1) is 22.1. The molecule has 1 aromatic heterocycles. The third-order valence-electron chi connectivity index (χ3n) is 8.29. The van der Waals surface area contributed by atoms with Crippen molar-refractivity contribution in [3.05, 3.63) is 64.7 Å². The molecule has 250 valence electrons. The van der Waals surface area contributed by atoms with Crippen molar-refractivity contribution in [2.45, 2.75) is 50.9 Å². The Hall–Kier alpha value is -4.33. The normalized spacial score (nSPS) is 20.1. The van der Waals surface area contributed by atoms with E-state index in [1.165, 1.54) is 0 Å². The molecule has 0 bridgehead atoms. The number of amides is 2. The Bertz CT molecular complexity index is 1620. The molecule has 1 aliphatic carbocycles. The molecule has 47 heavy (non-hydrogen) atoms. The molecule has 3 aromatic rings. The molecule has 2 N–H and O–H groups in total. The van der Waals surface area contributed by atoms with Gasteiger partial charge in [0.15, 0.2) is 6.61 Å². The largest absolute Gasteiger partial charge is 0.454 e. The number of likely N-dealkylation sites (tertiary alicyclic amines) is 2. The van der Waals surface area contributed by atoms with Crippen LogP contribution in [0.1, 0.15) is 49.5 Å². The summed E-state index contributed by atoms with van der Waals surface area (Å²) in [5.74, 6) is 0.252. The van der Waals surface area contributed by atoms with E-state index >= 15 is 0 Å². The summed E-state index contributed by atoms with van der Waals surface area (Å²) in [4.78, 5) is 41.8. The van der Waals surface area contributed by atoms with Gasteiger partial charge < -0.3 is 29.9 Å². The minimum absolute atomic E-state index is 0.0347. The lowest BCUT2D eigenvalue weighted by Crippen LogP contribution is -2.38. The summed E-state index contributed by atoms with van der Waals surface area (Å²) in [7, 11) is 0. The van der Waals surface area contributed by atoms with E-state index in [0.29, 0.717) is 42.5 Å². The third kappa shape index (κ3) is 7.98. The molecule has 2 aliphatic heterocycles. The van der Waals surface area contributed by atoms with Crippen LogP contribution in [-0.2, 0) is 10.3 Å². The number of hydrogen-bond acceptors (Lipinski definition) is 9. The number of benzene rings is 2. The lowest BCUT2D eigenvalue weighted by Gasteiger charge is -2.26. The summed E-state index contributed by atoms with van der Waals surface area (Å²) in [6, 6.07) is 13.4. The highest BCUT2D eigenvalue weighted by Crippen LogP contribution is 2.48. The van der Waals surface area contributed by atoms with Crippen LogP contribution in [0.25, 0.3) is 0 Å². The molecule has 6 rings (SSSR count). The number of hydrogen-bond donors (Lipinski definition) is 2. The van der Waals surface area contributed by atoms with Gasteiger partial charge in [-0.2, -0.15) is 28.1 Å². The Morgan fingerprint density at radius 3 is 2.06 bits per heavy atom. The Morgan fingerprint density at radius 1 is 0.894 bits per heavy atom. The molecule has 11 nitrogen and oxygen atoms in total. The van der Waals surface area contributed by atoms with Crippen LogP contribution in [0.5, 0.6) is 6.01 Å². The zero-order valence-electron chi connectivity index (χ0n) is 26.1. The van der Waals surface area contributed by atoms with Gasteiger partial charge in [0.05, 0.1) is 5.54 Å². The first-order valence-electron chi connectivity index (χ1n) is 15.3. The van der Waals surface area contributed by atoms with Crippen molar-refractivity contribution >= 4 is 41.2 Å². The van der Waals surface area contributed by atoms with Gasteiger partial charge in [-0.3, -0.25) is 4.79 Å². The second-order valence-corrected chi connectivity index (χ2v) is 13.6. The van der Waals surface area contributed by atoms with Gasteiger partial charge in [-0.15, -0.1) is 0 Å². The summed E-state index contributed by atoms with van der Waals surface area (Å²) >= 11 is 6.04. The van der Waals surface area contributed by atoms with E-state index in [9.17, 15) is 22.8 Å². The summed E-state index contributed by atoms with van der Waals surface area (Å²) in [5.41, 5.74) is 0.864. The van der Waals surface area contributed by atoms with E-state index in [4.69, 9.17) is 21.1 Å². The van der Waals surface area contributed by atoms with Crippen molar-refractivity contribution in [2.75, 3.05) is 43.4 Å². The maximum absolute atomic E-state index is 13.3. The summed E-state index contributed by atoms with van der Waals surface area (Å²) < 4.78 is 49.1. The molecule has 3 aliphatic rings. The SMILES string of the molecule is CC(C)(C)OC(=O)N1CC2CN(C(=O)c3ccc(Nc4nc(NC5(c6ccc(Cl)cc6)CC5)nc(OCC(F)(F)F)n4)cc3)CC2C1. The number of anilines is 3. The molecule has 3 fully saturated rings. The van der Waals surface area contributed by atoms with E-state index in [2.05, 4.69) is 25.6 Å². The van der Waals surface area contributed by atoms with Gasteiger partial charge in [-0.05, 0) is 75.6 Å². The lowest BCUT2D eigenvalue weighted by molar-refractivity contribution is -0.154. The fraction of sp³-hybridized carbons (Fsp3) is 0.469. The van der Waals surface area contributed by atoms with Gasteiger partial charge in [0.2, 0.25) is 11.9 Å². The minimum Gasteiger partial charge on any atom is -0.454 e. The molecular weight excluding hydrogens is 639 g/mol. The van der Waals surface area contributed by atoms with Gasteiger partial charge in [0.25, 0.3) is 5.91 Å². The summed E-state index contributed by atoms with van der Waals surface area (Å²) in [6.45, 7) is 6.11. The van der Waals surface area contributed by atoms with Crippen LogP contribution >= 0.6 is 11.6 Å². The van der Waals surface area contributed by atoms with Crippen molar-refractivity contribution in [3.8, 4) is 6.01 Å². The highest BCUT2D eigenvalue weighted by Gasteiger charge is 2.46. The maximum atomic E-state index is 13.3. The highest BCUT2D eigenvalue weighted by molar-refractivity contribution is 6.30. The van der Waals surface area contributed by atoms with E-state index in [0.717, 1.165) is 18.4 Å². The van der Waals surface area contributed by atoms with Crippen LogP contribution < -0.4 is 15.4 Å². The topological polar surface area (TPSA) is 122 Å². The smallest absolute Gasteiger partial charge is 0.422 e. The first kappa shape index (κ1) is 32.6. The predicted octanol–water partition coefficient (Wildman–Crippen LogP) is 6.25. The molecule has 15 heteroatoms. The Morgan fingerprint density at radius 2 is 1.49 bits per heavy atom. The summed E-state index contributed by atoms with van der Waals surface area (Å²) in [6.07, 6.45) is -3.39. The Kier molecular flexibility index (Phi) is 8.58. The second-order valence-electron chi connectivity index (χ2n) is 13.2.